The number of methoxy groups -OCH3 is 1. The molecule has 1 heterocycles. The van der Waals surface area contributed by atoms with Gasteiger partial charge in [-0.3, -0.25) is 9.89 Å². The summed E-state index contributed by atoms with van der Waals surface area (Å²) in [6.07, 6.45) is 2.32. The van der Waals surface area contributed by atoms with Crippen LogP contribution in [0.25, 0.3) is 0 Å². The van der Waals surface area contributed by atoms with Crippen molar-refractivity contribution in [1.29, 1.82) is 0 Å². The van der Waals surface area contributed by atoms with Gasteiger partial charge in [-0.05, 0) is 32.4 Å². The van der Waals surface area contributed by atoms with Crippen molar-refractivity contribution >= 4 is 5.96 Å². The third kappa shape index (κ3) is 6.95. The van der Waals surface area contributed by atoms with E-state index in [1.54, 1.807) is 26.3 Å². The topological polar surface area (TPSA) is 58.1 Å². The predicted molar refractivity (Wildman–Crippen MR) is 102 cm³/mol. The lowest BCUT2D eigenvalue weighted by Crippen LogP contribution is -2.45. The number of nitrogens with one attached hydrogen (secondary N) is 2. The average Bonchev–Trinajstić information content (AvgIpc) is 3.09. The van der Waals surface area contributed by atoms with Gasteiger partial charge in [0, 0.05) is 45.4 Å². The van der Waals surface area contributed by atoms with Crippen LogP contribution in [0.2, 0.25) is 0 Å². The number of likely N-dealkylation sites (tertiary alicyclic amines) is 1. The molecule has 1 aromatic carbocycles. The lowest BCUT2D eigenvalue weighted by atomic mass is 10.1. The van der Waals surface area contributed by atoms with E-state index >= 15 is 0 Å². The highest BCUT2D eigenvalue weighted by Gasteiger charge is 2.24. The van der Waals surface area contributed by atoms with Gasteiger partial charge in [0.15, 0.2) is 5.96 Å². The molecule has 6 nitrogen and oxygen atoms in total. The van der Waals surface area contributed by atoms with Crippen molar-refractivity contribution in [2.75, 3.05) is 40.4 Å². The fourth-order valence-corrected chi connectivity index (χ4v) is 3.30. The Bertz CT molecular complexity index is 613. The summed E-state index contributed by atoms with van der Waals surface area (Å²) in [7, 11) is 3.41. The highest BCUT2D eigenvalue weighted by Crippen LogP contribution is 2.22. The zero-order valence-electron chi connectivity index (χ0n) is 16.3. The monoisotopic (exact) mass is 384 g/mol. The first-order chi connectivity index (χ1) is 13.0. The fourth-order valence-electron chi connectivity index (χ4n) is 3.30. The number of aryl methyl sites for hydroxylation is 1. The molecule has 27 heavy (non-hydrogen) atoms. The van der Waals surface area contributed by atoms with Crippen molar-refractivity contribution in [3.8, 4) is 5.75 Å². The summed E-state index contributed by atoms with van der Waals surface area (Å²) >= 11 is 0. The van der Waals surface area contributed by atoms with Crippen LogP contribution in [-0.4, -0.2) is 63.9 Å². The Hall–Kier alpha value is -1.93. The normalized spacial score (nSPS) is 18.1. The molecule has 0 spiro atoms. The van der Waals surface area contributed by atoms with Crippen LogP contribution in [0.5, 0.6) is 5.75 Å². The van der Waals surface area contributed by atoms with Crippen LogP contribution in [-0.2, 0) is 11.3 Å². The van der Waals surface area contributed by atoms with E-state index in [2.05, 4.69) is 25.3 Å². The minimum absolute atomic E-state index is 0.181. The second kappa shape index (κ2) is 11.0. The van der Waals surface area contributed by atoms with E-state index in [4.69, 9.17) is 4.74 Å². The molecule has 1 unspecified atom stereocenters. The molecule has 1 atom stereocenters. The van der Waals surface area contributed by atoms with Crippen LogP contribution in [0, 0.1) is 6.92 Å². The van der Waals surface area contributed by atoms with E-state index in [1.165, 1.54) is 6.42 Å². The Morgan fingerprint density at radius 1 is 1.37 bits per heavy atom. The Balaban J connectivity index is 1.88. The molecule has 152 valence electrons. The van der Waals surface area contributed by atoms with E-state index in [9.17, 15) is 8.78 Å². The average molecular weight is 384 g/mol. The molecule has 1 aliphatic heterocycles. The molecule has 8 heteroatoms. The molecule has 1 fully saturated rings. The van der Waals surface area contributed by atoms with Crippen molar-refractivity contribution in [3.63, 3.8) is 0 Å². The maximum absolute atomic E-state index is 12.6. The minimum atomic E-state index is -2.84. The number of nitrogens with zero attached hydrogens (tertiary/aromatic N) is 2. The van der Waals surface area contributed by atoms with Gasteiger partial charge >= 0.3 is 6.61 Å². The number of ether oxygens (including phenoxy) is 2. The number of hydrogen-bond donors (Lipinski definition) is 2. The summed E-state index contributed by atoms with van der Waals surface area (Å²) in [6.45, 7) is 2.93. The van der Waals surface area contributed by atoms with Crippen LogP contribution in [0.15, 0.2) is 23.2 Å². The van der Waals surface area contributed by atoms with Crippen LogP contribution in [0.4, 0.5) is 8.78 Å². The molecular formula is C19H30F2N4O2. The van der Waals surface area contributed by atoms with Gasteiger partial charge in [0.1, 0.15) is 5.75 Å². The zero-order valence-corrected chi connectivity index (χ0v) is 16.3. The Morgan fingerprint density at radius 3 is 2.89 bits per heavy atom. The molecule has 0 saturated carbocycles. The summed E-state index contributed by atoms with van der Waals surface area (Å²) in [5.41, 5.74) is 1.65. The van der Waals surface area contributed by atoms with Crippen LogP contribution in [0.3, 0.4) is 0 Å². The number of benzene rings is 1. The van der Waals surface area contributed by atoms with Gasteiger partial charge < -0.3 is 20.1 Å². The van der Waals surface area contributed by atoms with Crippen molar-refractivity contribution in [2.45, 2.75) is 39.0 Å². The van der Waals surface area contributed by atoms with Crippen molar-refractivity contribution in [1.82, 2.24) is 15.5 Å². The van der Waals surface area contributed by atoms with Gasteiger partial charge in [-0.15, -0.1) is 0 Å². The number of aliphatic imine (C=N–C) groups is 1. The summed E-state index contributed by atoms with van der Waals surface area (Å²) < 4.78 is 35.0. The quantitative estimate of drug-likeness (QED) is 0.506. The number of alkyl halides is 2. The van der Waals surface area contributed by atoms with E-state index in [0.29, 0.717) is 24.1 Å². The first-order valence-electron chi connectivity index (χ1n) is 9.25. The molecule has 0 aromatic heterocycles. The van der Waals surface area contributed by atoms with E-state index < -0.39 is 6.61 Å². The molecule has 1 aliphatic rings. The van der Waals surface area contributed by atoms with Crippen LogP contribution in [0.1, 0.15) is 24.0 Å². The molecule has 0 aliphatic carbocycles. The molecule has 1 saturated heterocycles. The summed E-state index contributed by atoms with van der Waals surface area (Å²) in [5, 5.41) is 6.51. The van der Waals surface area contributed by atoms with Gasteiger partial charge in [0.25, 0.3) is 0 Å². The third-order valence-corrected chi connectivity index (χ3v) is 4.69. The largest absolute Gasteiger partial charge is 0.434 e. The number of halogens is 2. The molecule has 1 aromatic rings. The molecular weight excluding hydrogens is 354 g/mol. The first-order valence-corrected chi connectivity index (χ1v) is 9.25. The number of guanidine groups is 1. The van der Waals surface area contributed by atoms with Crippen molar-refractivity contribution < 1.29 is 18.3 Å². The Labute approximate surface area is 159 Å². The molecule has 0 bridgehead atoms. The van der Waals surface area contributed by atoms with Gasteiger partial charge in [0.2, 0.25) is 0 Å². The SMILES string of the molecule is CN=C(NCc1cc(C)ccc1OC(F)F)NCC1CCCN1CCOC. The highest BCUT2D eigenvalue weighted by molar-refractivity contribution is 5.79. The number of rotatable bonds is 9. The predicted octanol–water partition coefficient (Wildman–Crippen LogP) is 2.37. The van der Waals surface area contributed by atoms with Gasteiger partial charge in [-0.1, -0.05) is 17.7 Å². The molecule has 2 rings (SSSR count). The van der Waals surface area contributed by atoms with E-state index in [1.807, 2.05) is 13.0 Å². The lowest BCUT2D eigenvalue weighted by molar-refractivity contribution is -0.0504. The fraction of sp³-hybridized carbons (Fsp3) is 0.632. The molecule has 2 N–H and O–H groups in total. The summed E-state index contributed by atoms with van der Waals surface area (Å²) in [6, 6.07) is 5.60. The minimum Gasteiger partial charge on any atom is -0.434 e. The van der Waals surface area contributed by atoms with E-state index in [-0.39, 0.29) is 5.75 Å². The van der Waals surface area contributed by atoms with Crippen molar-refractivity contribution in [2.24, 2.45) is 4.99 Å². The maximum atomic E-state index is 12.6. The second-order valence-electron chi connectivity index (χ2n) is 6.62. The third-order valence-electron chi connectivity index (χ3n) is 4.69. The van der Waals surface area contributed by atoms with E-state index in [0.717, 1.165) is 38.2 Å². The summed E-state index contributed by atoms with van der Waals surface area (Å²) in [5.74, 6) is 0.818. The van der Waals surface area contributed by atoms with Crippen LogP contribution >= 0.6 is 0 Å². The standard InChI is InChI=1S/C19H30F2N4O2/c1-14-6-7-17(27-18(20)21)15(11-14)12-23-19(22-2)24-13-16-5-4-8-25(16)9-10-26-3/h6-7,11,16,18H,4-5,8-10,12-13H2,1-3H3,(H2,22,23,24). The smallest absolute Gasteiger partial charge is 0.387 e. The van der Waals surface area contributed by atoms with Crippen LogP contribution < -0.4 is 15.4 Å². The maximum Gasteiger partial charge on any atom is 0.387 e. The highest BCUT2D eigenvalue weighted by atomic mass is 19.3. The first kappa shape index (κ1) is 21.4. The lowest BCUT2D eigenvalue weighted by Gasteiger charge is -2.25. The zero-order chi connectivity index (χ0) is 19.6. The molecule has 0 amide bonds. The second-order valence-corrected chi connectivity index (χ2v) is 6.62. The Kier molecular flexibility index (Phi) is 8.74. The number of hydrogen-bond acceptors (Lipinski definition) is 4. The summed E-state index contributed by atoms with van der Waals surface area (Å²) in [4.78, 5) is 6.64. The van der Waals surface area contributed by atoms with Crippen molar-refractivity contribution in [3.05, 3.63) is 29.3 Å². The van der Waals surface area contributed by atoms with Gasteiger partial charge in [0.05, 0.1) is 6.61 Å². The Morgan fingerprint density at radius 2 is 2.19 bits per heavy atom. The molecule has 0 radical (unpaired) electrons. The van der Waals surface area contributed by atoms with Gasteiger partial charge in [-0.2, -0.15) is 8.78 Å². The van der Waals surface area contributed by atoms with Gasteiger partial charge in [-0.25, -0.2) is 0 Å².